The average molecular weight is 356 g/mol. The maximum absolute atomic E-state index is 13.7. The van der Waals surface area contributed by atoms with Crippen molar-refractivity contribution in [1.29, 1.82) is 0 Å². The molecule has 21 heavy (non-hydrogen) atoms. The van der Waals surface area contributed by atoms with Crippen LogP contribution >= 0.6 is 15.9 Å². The third-order valence-corrected chi connectivity index (χ3v) is 3.75. The summed E-state index contributed by atoms with van der Waals surface area (Å²) in [5.74, 6) is -2.14. The Morgan fingerprint density at radius 1 is 1.05 bits per heavy atom. The zero-order chi connectivity index (χ0) is 15.1. The van der Waals surface area contributed by atoms with Gasteiger partial charge >= 0.3 is 0 Å². The predicted octanol–water partition coefficient (Wildman–Crippen LogP) is 3.85. The van der Waals surface area contributed by atoms with Crippen molar-refractivity contribution in [1.82, 2.24) is 9.55 Å². The van der Waals surface area contributed by atoms with Crippen LogP contribution in [-0.2, 0) is 6.54 Å². The molecule has 1 aromatic heterocycles. The van der Waals surface area contributed by atoms with Crippen molar-refractivity contribution in [2.75, 3.05) is 5.73 Å². The van der Waals surface area contributed by atoms with Gasteiger partial charge in [0.25, 0.3) is 0 Å². The number of fused-ring (bicyclic) bond motifs is 1. The van der Waals surface area contributed by atoms with Gasteiger partial charge in [-0.2, -0.15) is 0 Å². The Balaban J connectivity index is 2.09. The highest BCUT2D eigenvalue weighted by molar-refractivity contribution is 9.10. The van der Waals surface area contributed by atoms with Crippen LogP contribution in [0.3, 0.4) is 0 Å². The Bertz CT molecular complexity index is 845. The van der Waals surface area contributed by atoms with Crippen molar-refractivity contribution < 1.29 is 13.2 Å². The Hall–Kier alpha value is -2.02. The van der Waals surface area contributed by atoms with Crippen molar-refractivity contribution >= 4 is 32.9 Å². The van der Waals surface area contributed by atoms with Crippen LogP contribution in [0.4, 0.5) is 19.1 Å². The van der Waals surface area contributed by atoms with Crippen LogP contribution < -0.4 is 5.73 Å². The van der Waals surface area contributed by atoms with E-state index in [2.05, 4.69) is 20.9 Å². The summed E-state index contributed by atoms with van der Waals surface area (Å²) in [5.41, 5.74) is 7.32. The standard InChI is InChI=1S/C14H9BrF3N3/c15-8-4-12-13(5-10(8)17)21(14(19)20-12)6-7-1-2-9(16)11(18)3-7/h1-5H,6H2,(H2,19,20). The number of hydrogen-bond acceptors (Lipinski definition) is 2. The average Bonchev–Trinajstić information content (AvgIpc) is 2.71. The number of imidazole rings is 1. The summed E-state index contributed by atoms with van der Waals surface area (Å²) < 4.78 is 41.7. The summed E-state index contributed by atoms with van der Waals surface area (Å²) in [6.07, 6.45) is 0. The van der Waals surface area contributed by atoms with Crippen LogP contribution in [0.1, 0.15) is 5.56 Å². The fraction of sp³-hybridized carbons (Fsp3) is 0.0714. The van der Waals surface area contributed by atoms with Crippen LogP contribution in [0.5, 0.6) is 0 Å². The molecule has 0 aliphatic rings. The van der Waals surface area contributed by atoms with E-state index in [4.69, 9.17) is 5.73 Å². The topological polar surface area (TPSA) is 43.8 Å². The lowest BCUT2D eigenvalue weighted by atomic mass is 10.2. The summed E-state index contributed by atoms with van der Waals surface area (Å²) in [6, 6.07) is 6.37. The zero-order valence-electron chi connectivity index (χ0n) is 10.6. The fourth-order valence-corrected chi connectivity index (χ4v) is 2.46. The van der Waals surface area contributed by atoms with E-state index in [1.165, 1.54) is 22.8 Å². The second kappa shape index (κ2) is 5.07. The smallest absolute Gasteiger partial charge is 0.201 e. The Kier molecular flexibility index (Phi) is 3.36. The van der Waals surface area contributed by atoms with Gasteiger partial charge in [-0.25, -0.2) is 18.2 Å². The number of nitrogens with two attached hydrogens (primary N) is 1. The van der Waals surface area contributed by atoms with Gasteiger partial charge in [0.2, 0.25) is 5.95 Å². The second-order valence-electron chi connectivity index (χ2n) is 4.56. The highest BCUT2D eigenvalue weighted by Crippen LogP contribution is 2.26. The number of anilines is 1. The molecule has 0 bridgehead atoms. The van der Waals surface area contributed by atoms with E-state index in [1.807, 2.05) is 0 Å². The quantitative estimate of drug-likeness (QED) is 0.758. The summed E-state index contributed by atoms with van der Waals surface area (Å²) >= 11 is 3.08. The van der Waals surface area contributed by atoms with E-state index < -0.39 is 17.5 Å². The molecule has 0 atom stereocenters. The van der Waals surface area contributed by atoms with E-state index in [0.717, 1.165) is 12.1 Å². The molecule has 0 fully saturated rings. The molecule has 1 heterocycles. The molecule has 3 rings (SSSR count). The molecule has 2 aromatic carbocycles. The van der Waals surface area contributed by atoms with Crippen LogP contribution in [0.15, 0.2) is 34.8 Å². The Labute approximate surface area is 126 Å². The van der Waals surface area contributed by atoms with E-state index in [0.29, 0.717) is 16.6 Å². The minimum Gasteiger partial charge on any atom is -0.369 e. The summed E-state index contributed by atoms with van der Waals surface area (Å²) in [7, 11) is 0. The van der Waals surface area contributed by atoms with Crippen molar-refractivity contribution in [3.63, 3.8) is 0 Å². The maximum Gasteiger partial charge on any atom is 0.201 e. The van der Waals surface area contributed by atoms with Gasteiger partial charge in [0.15, 0.2) is 11.6 Å². The lowest BCUT2D eigenvalue weighted by Gasteiger charge is -2.07. The fourth-order valence-electron chi connectivity index (χ4n) is 2.13. The van der Waals surface area contributed by atoms with Crippen LogP contribution in [-0.4, -0.2) is 9.55 Å². The molecule has 0 saturated heterocycles. The lowest BCUT2D eigenvalue weighted by Crippen LogP contribution is -2.05. The monoisotopic (exact) mass is 355 g/mol. The number of rotatable bonds is 2. The molecule has 2 N–H and O–H groups in total. The number of benzene rings is 2. The van der Waals surface area contributed by atoms with Crippen LogP contribution in [0, 0.1) is 17.5 Å². The minimum atomic E-state index is -0.940. The van der Waals surface area contributed by atoms with Gasteiger partial charge < -0.3 is 10.3 Å². The zero-order valence-corrected chi connectivity index (χ0v) is 12.2. The molecule has 0 aliphatic carbocycles. The molecule has 3 nitrogen and oxygen atoms in total. The Morgan fingerprint density at radius 2 is 1.81 bits per heavy atom. The molecule has 7 heteroatoms. The molecule has 0 radical (unpaired) electrons. The molecule has 0 aliphatic heterocycles. The normalized spacial score (nSPS) is 11.2. The number of hydrogen-bond donors (Lipinski definition) is 1. The predicted molar refractivity (Wildman–Crippen MR) is 77.3 cm³/mol. The third-order valence-electron chi connectivity index (χ3n) is 3.14. The van der Waals surface area contributed by atoms with Gasteiger partial charge in [0.05, 0.1) is 22.1 Å². The highest BCUT2D eigenvalue weighted by atomic mass is 79.9. The Morgan fingerprint density at radius 3 is 2.52 bits per heavy atom. The third kappa shape index (κ3) is 2.49. The van der Waals surface area contributed by atoms with Gasteiger partial charge in [0, 0.05) is 6.07 Å². The van der Waals surface area contributed by atoms with Crippen molar-refractivity contribution in [3.05, 3.63) is 57.8 Å². The van der Waals surface area contributed by atoms with Crippen LogP contribution in [0.2, 0.25) is 0 Å². The molecule has 0 spiro atoms. The van der Waals surface area contributed by atoms with Gasteiger partial charge in [0.1, 0.15) is 5.82 Å². The minimum absolute atomic E-state index is 0.167. The summed E-state index contributed by atoms with van der Waals surface area (Å²) in [6.45, 7) is 0.167. The first-order chi connectivity index (χ1) is 9.95. The molecule has 0 saturated carbocycles. The SMILES string of the molecule is Nc1nc2cc(Br)c(F)cc2n1Cc1ccc(F)c(F)c1. The highest BCUT2D eigenvalue weighted by Gasteiger charge is 2.13. The number of halogens is 4. The van der Waals surface area contributed by atoms with Crippen LogP contribution in [0.25, 0.3) is 11.0 Å². The first kappa shape index (κ1) is 13.9. The summed E-state index contributed by atoms with van der Waals surface area (Å²) in [4.78, 5) is 4.13. The summed E-state index contributed by atoms with van der Waals surface area (Å²) in [5, 5.41) is 0. The lowest BCUT2D eigenvalue weighted by molar-refractivity contribution is 0.506. The van der Waals surface area contributed by atoms with Gasteiger partial charge in [-0.15, -0.1) is 0 Å². The first-order valence-corrected chi connectivity index (χ1v) is 6.79. The van der Waals surface area contributed by atoms with E-state index in [9.17, 15) is 13.2 Å². The van der Waals surface area contributed by atoms with E-state index in [1.54, 1.807) is 0 Å². The van der Waals surface area contributed by atoms with Gasteiger partial charge in [-0.1, -0.05) is 6.07 Å². The molecule has 0 amide bonds. The first-order valence-electron chi connectivity index (χ1n) is 6.00. The van der Waals surface area contributed by atoms with Crippen molar-refractivity contribution in [2.45, 2.75) is 6.54 Å². The van der Waals surface area contributed by atoms with E-state index in [-0.39, 0.29) is 17.0 Å². The molecule has 3 aromatic rings. The number of aromatic nitrogens is 2. The molecular formula is C14H9BrF3N3. The maximum atomic E-state index is 13.7. The van der Waals surface area contributed by atoms with E-state index >= 15 is 0 Å². The second-order valence-corrected chi connectivity index (χ2v) is 5.41. The molecule has 108 valence electrons. The van der Waals surface area contributed by atoms with Crippen molar-refractivity contribution in [3.8, 4) is 0 Å². The largest absolute Gasteiger partial charge is 0.369 e. The van der Waals surface area contributed by atoms with Crippen molar-refractivity contribution in [2.24, 2.45) is 0 Å². The van der Waals surface area contributed by atoms with Gasteiger partial charge in [-0.05, 0) is 39.7 Å². The number of nitrogens with zero attached hydrogens (tertiary/aromatic N) is 2. The molecule has 0 unspecified atom stereocenters. The number of nitrogen functional groups attached to an aromatic ring is 1. The molecular weight excluding hydrogens is 347 g/mol. The van der Waals surface area contributed by atoms with Gasteiger partial charge in [-0.3, -0.25) is 0 Å².